The molecule has 4 nitrogen and oxygen atoms in total. The SMILES string of the molecule is C=CCNc1nnc(SCc2cccc3cccnc23)s1. The Morgan fingerprint density at radius 2 is 2.14 bits per heavy atom. The lowest BCUT2D eigenvalue weighted by atomic mass is 10.1. The van der Waals surface area contributed by atoms with Gasteiger partial charge in [0.2, 0.25) is 5.13 Å². The Labute approximate surface area is 131 Å². The van der Waals surface area contributed by atoms with E-state index < -0.39 is 0 Å². The number of nitrogens with one attached hydrogen (secondary N) is 1. The zero-order chi connectivity index (χ0) is 14.5. The maximum absolute atomic E-state index is 4.47. The second-order valence-electron chi connectivity index (χ2n) is 4.32. The molecular formula is C15H14N4S2. The number of nitrogens with zero attached hydrogens (tertiary/aromatic N) is 3. The molecular weight excluding hydrogens is 300 g/mol. The van der Waals surface area contributed by atoms with Crippen LogP contribution in [0.3, 0.4) is 0 Å². The minimum atomic E-state index is 0.701. The fraction of sp³-hybridized carbons (Fsp3) is 0.133. The van der Waals surface area contributed by atoms with Crippen LogP contribution in [-0.2, 0) is 5.75 Å². The summed E-state index contributed by atoms with van der Waals surface area (Å²) in [5.41, 5.74) is 2.27. The summed E-state index contributed by atoms with van der Waals surface area (Å²) in [5, 5.41) is 13.4. The number of thioether (sulfide) groups is 1. The molecule has 106 valence electrons. The summed E-state index contributed by atoms with van der Waals surface area (Å²) in [6.07, 6.45) is 3.63. The van der Waals surface area contributed by atoms with Crippen LogP contribution in [0.25, 0.3) is 10.9 Å². The van der Waals surface area contributed by atoms with E-state index in [1.165, 1.54) is 10.9 Å². The molecule has 0 aliphatic carbocycles. The molecule has 0 aliphatic rings. The van der Waals surface area contributed by atoms with Gasteiger partial charge in [0.1, 0.15) is 0 Å². The topological polar surface area (TPSA) is 50.7 Å². The van der Waals surface area contributed by atoms with Crippen molar-refractivity contribution >= 4 is 39.1 Å². The zero-order valence-electron chi connectivity index (χ0n) is 11.3. The van der Waals surface area contributed by atoms with Gasteiger partial charge in [-0.3, -0.25) is 4.98 Å². The molecule has 0 atom stereocenters. The summed E-state index contributed by atoms with van der Waals surface area (Å²) < 4.78 is 0.953. The molecule has 21 heavy (non-hydrogen) atoms. The van der Waals surface area contributed by atoms with Gasteiger partial charge in [-0.2, -0.15) is 0 Å². The summed E-state index contributed by atoms with van der Waals surface area (Å²) in [5.74, 6) is 0.838. The van der Waals surface area contributed by atoms with Gasteiger partial charge >= 0.3 is 0 Å². The molecule has 3 rings (SSSR count). The van der Waals surface area contributed by atoms with Crippen LogP contribution < -0.4 is 5.32 Å². The third-order valence-electron chi connectivity index (χ3n) is 2.87. The van der Waals surface area contributed by atoms with Crippen LogP contribution in [0.4, 0.5) is 5.13 Å². The maximum Gasteiger partial charge on any atom is 0.206 e. The van der Waals surface area contributed by atoms with Gasteiger partial charge in [0.15, 0.2) is 4.34 Å². The minimum absolute atomic E-state index is 0.701. The molecule has 2 aromatic heterocycles. The molecule has 0 radical (unpaired) electrons. The quantitative estimate of drug-likeness (QED) is 0.551. The van der Waals surface area contributed by atoms with Crippen LogP contribution in [0.1, 0.15) is 5.56 Å². The van der Waals surface area contributed by atoms with E-state index in [0.717, 1.165) is 20.7 Å². The molecule has 0 spiro atoms. The van der Waals surface area contributed by atoms with Gasteiger partial charge in [-0.05, 0) is 11.6 Å². The second kappa shape index (κ2) is 6.69. The summed E-state index contributed by atoms with van der Waals surface area (Å²) in [6.45, 7) is 4.37. The molecule has 1 N–H and O–H groups in total. The number of fused-ring (bicyclic) bond motifs is 1. The van der Waals surface area contributed by atoms with Crippen molar-refractivity contribution in [3.8, 4) is 0 Å². The summed E-state index contributed by atoms with van der Waals surface area (Å²) in [4.78, 5) is 4.47. The molecule has 0 aliphatic heterocycles. The van der Waals surface area contributed by atoms with Crippen molar-refractivity contribution in [1.29, 1.82) is 0 Å². The van der Waals surface area contributed by atoms with Crippen LogP contribution >= 0.6 is 23.1 Å². The molecule has 0 fully saturated rings. The van der Waals surface area contributed by atoms with Crippen molar-refractivity contribution in [3.63, 3.8) is 0 Å². The van der Waals surface area contributed by atoms with Gasteiger partial charge in [-0.25, -0.2) is 0 Å². The van der Waals surface area contributed by atoms with E-state index in [-0.39, 0.29) is 0 Å². The molecule has 6 heteroatoms. The predicted octanol–water partition coefficient (Wildman–Crippen LogP) is 3.98. The van der Waals surface area contributed by atoms with Gasteiger partial charge in [-0.1, -0.05) is 53.4 Å². The summed E-state index contributed by atoms with van der Waals surface area (Å²) >= 11 is 3.24. The number of anilines is 1. The number of pyridine rings is 1. The Balaban J connectivity index is 1.71. The summed E-state index contributed by atoms with van der Waals surface area (Å²) in [6, 6.07) is 10.3. The lowest BCUT2D eigenvalue weighted by Gasteiger charge is -2.03. The Hall–Kier alpha value is -1.92. The number of benzene rings is 1. The number of aromatic nitrogens is 3. The van der Waals surface area contributed by atoms with E-state index in [2.05, 4.69) is 51.3 Å². The zero-order valence-corrected chi connectivity index (χ0v) is 13.0. The molecule has 0 saturated heterocycles. The van der Waals surface area contributed by atoms with Gasteiger partial charge < -0.3 is 5.32 Å². The highest BCUT2D eigenvalue weighted by atomic mass is 32.2. The number of hydrogen-bond donors (Lipinski definition) is 1. The lowest BCUT2D eigenvalue weighted by molar-refractivity contribution is 1.01. The normalized spacial score (nSPS) is 10.7. The molecule has 0 amide bonds. The largest absolute Gasteiger partial charge is 0.357 e. The highest BCUT2D eigenvalue weighted by molar-refractivity contribution is 8.00. The highest BCUT2D eigenvalue weighted by Gasteiger charge is 2.07. The van der Waals surface area contributed by atoms with Crippen molar-refractivity contribution in [2.75, 3.05) is 11.9 Å². The smallest absolute Gasteiger partial charge is 0.206 e. The van der Waals surface area contributed by atoms with Crippen molar-refractivity contribution in [1.82, 2.24) is 15.2 Å². The molecule has 0 unspecified atom stereocenters. The van der Waals surface area contributed by atoms with Crippen molar-refractivity contribution < 1.29 is 0 Å². The number of hydrogen-bond acceptors (Lipinski definition) is 6. The molecule has 3 aromatic rings. The van der Waals surface area contributed by atoms with Crippen molar-refractivity contribution in [2.45, 2.75) is 10.1 Å². The lowest BCUT2D eigenvalue weighted by Crippen LogP contribution is -1.96. The third kappa shape index (κ3) is 3.40. The minimum Gasteiger partial charge on any atom is -0.357 e. The van der Waals surface area contributed by atoms with Crippen LogP contribution in [0.15, 0.2) is 53.5 Å². The monoisotopic (exact) mass is 314 g/mol. The fourth-order valence-electron chi connectivity index (χ4n) is 1.92. The summed E-state index contributed by atoms with van der Waals surface area (Å²) in [7, 11) is 0. The van der Waals surface area contributed by atoms with Crippen LogP contribution in [0.5, 0.6) is 0 Å². The van der Waals surface area contributed by atoms with Gasteiger partial charge in [0, 0.05) is 23.9 Å². The van der Waals surface area contributed by atoms with Crippen LogP contribution in [0, 0.1) is 0 Å². The Morgan fingerprint density at radius 3 is 3.05 bits per heavy atom. The molecule has 0 saturated carbocycles. The first-order valence-corrected chi connectivity index (χ1v) is 8.31. The first-order chi connectivity index (χ1) is 10.4. The van der Waals surface area contributed by atoms with E-state index >= 15 is 0 Å². The van der Waals surface area contributed by atoms with Crippen LogP contribution in [-0.4, -0.2) is 21.7 Å². The predicted molar refractivity (Wildman–Crippen MR) is 89.9 cm³/mol. The molecule has 2 heterocycles. The van der Waals surface area contributed by atoms with Gasteiger partial charge in [-0.15, -0.1) is 16.8 Å². The maximum atomic E-state index is 4.47. The first kappa shape index (κ1) is 14.0. The van der Waals surface area contributed by atoms with E-state index in [0.29, 0.717) is 6.54 Å². The Morgan fingerprint density at radius 1 is 1.24 bits per heavy atom. The number of rotatable bonds is 6. The average molecular weight is 314 g/mol. The third-order valence-corrected chi connectivity index (χ3v) is 4.93. The first-order valence-electron chi connectivity index (χ1n) is 6.50. The van der Waals surface area contributed by atoms with E-state index in [1.807, 2.05) is 12.3 Å². The Bertz CT molecular complexity index is 749. The van der Waals surface area contributed by atoms with Crippen LogP contribution in [0.2, 0.25) is 0 Å². The fourth-order valence-corrected chi connectivity index (χ4v) is 3.67. The molecule has 1 aromatic carbocycles. The average Bonchev–Trinajstić information content (AvgIpc) is 2.99. The van der Waals surface area contributed by atoms with Gasteiger partial charge in [0.25, 0.3) is 0 Å². The van der Waals surface area contributed by atoms with Gasteiger partial charge in [0.05, 0.1) is 5.52 Å². The Kier molecular flexibility index (Phi) is 4.47. The standard InChI is InChI=1S/C15H14N4S2/c1-2-8-17-14-18-19-15(21-14)20-10-12-6-3-5-11-7-4-9-16-13(11)12/h2-7,9H,1,8,10H2,(H,17,18). The van der Waals surface area contributed by atoms with Crippen molar-refractivity contribution in [3.05, 3.63) is 54.7 Å². The number of para-hydroxylation sites is 1. The van der Waals surface area contributed by atoms with E-state index in [1.54, 1.807) is 29.2 Å². The highest BCUT2D eigenvalue weighted by Crippen LogP contribution is 2.30. The van der Waals surface area contributed by atoms with E-state index in [9.17, 15) is 0 Å². The molecule has 0 bridgehead atoms. The van der Waals surface area contributed by atoms with E-state index in [4.69, 9.17) is 0 Å². The second-order valence-corrected chi connectivity index (χ2v) is 6.52. The van der Waals surface area contributed by atoms with Crippen molar-refractivity contribution in [2.24, 2.45) is 0 Å².